The average molecular weight is 172 g/mol. The fraction of sp³-hybridized carbons (Fsp3) is 0.167. The van der Waals surface area contributed by atoms with Crippen molar-refractivity contribution in [2.24, 2.45) is 0 Å². The first-order chi connectivity index (χ1) is 6.36. The molecule has 0 unspecified atom stereocenters. The maximum absolute atomic E-state index is 5.33. The molecule has 0 amide bonds. The van der Waals surface area contributed by atoms with Crippen molar-refractivity contribution in [3.05, 3.63) is 48.6 Å². The van der Waals surface area contributed by atoms with E-state index in [1.807, 2.05) is 18.2 Å². The van der Waals surface area contributed by atoms with Gasteiger partial charge in [-0.15, -0.1) is 13.2 Å². The maximum Gasteiger partial charge on any atom is 0.173 e. The summed E-state index contributed by atoms with van der Waals surface area (Å²) in [5.41, 5.74) is 2.57. The maximum atomic E-state index is 5.33. The molecule has 0 saturated carbocycles. The number of fused-ring (bicyclic) bond motifs is 1. The standard InChI is InChI=1S/C12H12O/c1-3-5-9-7-8-11-12(13-11)10(9)6-4-2/h3-4,7-8H,1-2,5-6H2. The largest absolute Gasteiger partial charge is 0.449 e. The fourth-order valence-corrected chi connectivity index (χ4v) is 1.54. The van der Waals surface area contributed by atoms with Gasteiger partial charge in [0, 0.05) is 5.56 Å². The molecular formula is C12H12O. The predicted molar refractivity (Wildman–Crippen MR) is 54.3 cm³/mol. The Hall–Kier alpha value is -1.50. The number of rotatable bonds is 4. The Morgan fingerprint density at radius 1 is 1.15 bits per heavy atom. The van der Waals surface area contributed by atoms with Crippen molar-refractivity contribution >= 4 is 0 Å². The Labute approximate surface area is 78.3 Å². The van der Waals surface area contributed by atoms with Crippen LogP contribution in [0.4, 0.5) is 0 Å². The summed E-state index contributed by atoms with van der Waals surface area (Å²) >= 11 is 0. The second kappa shape index (κ2) is 3.09. The quantitative estimate of drug-likeness (QED) is 0.509. The van der Waals surface area contributed by atoms with Gasteiger partial charge < -0.3 is 4.74 Å². The molecule has 1 nitrogen and oxygen atoms in total. The zero-order valence-corrected chi connectivity index (χ0v) is 7.55. The molecule has 0 bridgehead atoms. The van der Waals surface area contributed by atoms with Crippen LogP contribution in [0.25, 0.3) is 0 Å². The summed E-state index contributed by atoms with van der Waals surface area (Å²) in [5, 5.41) is 0. The van der Waals surface area contributed by atoms with Gasteiger partial charge in [0.25, 0.3) is 0 Å². The molecule has 0 atom stereocenters. The normalized spacial score (nSPS) is 11.4. The molecule has 0 saturated heterocycles. The Balaban J connectivity index is 2.38. The zero-order chi connectivity index (χ0) is 9.26. The van der Waals surface area contributed by atoms with E-state index in [9.17, 15) is 0 Å². The third-order valence-corrected chi connectivity index (χ3v) is 2.20. The third-order valence-electron chi connectivity index (χ3n) is 2.20. The van der Waals surface area contributed by atoms with Crippen molar-refractivity contribution in [1.82, 2.24) is 0 Å². The molecule has 1 aliphatic heterocycles. The van der Waals surface area contributed by atoms with Gasteiger partial charge in [-0.3, -0.25) is 0 Å². The van der Waals surface area contributed by atoms with E-state index in [1.54, 1.807) is 0 Å². The molecule has 0 aromatic heterocycles. The lowest BCUT2D eigenvalue weighted by Gasteiger charge is -2.00. The molecule has 0 spiro atoms. The van der Waals surface area contributed by atoms with Crippen LogP contribution in [0.3, 0.4) is 0 Å². The Morgan fingerprint density at radius 2 is 1.92 bits per heavy atom. The van der Waals surface area contributed by atoms with Crippen LogP contribution >= 0.6 is 0 Å². The molecule has 66 valence electrons. The summed E-state index contributed by atoms with van der Waals surface area (Å²) in [6.07, 6.45) is 5.60. The predicted octanol–water partition coefficient (Wildman–Crippen LogP) is 3.25. The van der Waals surface area contributed by atoms with Gasteiger partial charge in [-0.2, -0.15) is 0 Å². The minimum Gasteiger partial charge on any atom is -0.449 e. The summed E-state index contributed by atoms with van der Waals surface area (Å²) in [6, 6.07) is 4.12. The highest BCUT2D eigenvalue weighted by molar-refractivity contribution is 5.62. The number of allylic oxidation sites excluding steroid dienone is 2. The lowest BCUT2D eigenvalue weighted by atomic mass is 10.0. The van der Waals surface area contributed by atoms with E-state index in [1.165, 1.54) is 11.1 Å². The van der Waals surface area contributed by atoms with Gasteiger partial charge in [-0.25, -0.2) is 0 Å². The van der Waals surface area contributed by atoms with E-state index in [0.29, 0.717) is 0 Å². The van der Waals surface area contributed by atoms with Crippen LogP contribution < -0.4 is 4.74 Å². The molecule has 1 heteroatoms. The van der Waals surface area contributed by atoms with Crippen LogP contribution in [-0.4, -0.2) is 0 Å². The van der Waals surface area contributed by atoms with E-state index < -0.39 is 0 Å². The Morgan fingerprint density at radius 3 is 2.62 bits per heavy atom. The van der Waals surface area contributed by atoms with E-state index in [4.69, 9.17) is 4.74 Å². The summed E-state index contributed by atoms with van der Waals surface area (Å²) in [4.78, 5) is 0. The molecule has 0 radical (unpaired) electrons. The van der Waals surface area contributed by atoms with Crippen molar-refractivity contribution < 1.29 is 4.74 Å². The van der Waals surface area contributed by atoms with Crippen LogP contribution in [0.5, 0.6) is 11.5 Å². The van der Waals surface area contributed by atoms with E-state index in [-0.39, 0.29) is 0 Å². The molecular weight excluding hydrogens is 160 g/mol. The molecule has 0 aliphatic carbocycles. The van der Waals surface area contributed by atoms with Gasteiger partial charge in [-0.05, 0) is 24.5 Å². The first-order valence-electron chi connectivity index (χ1n) is 4.41. The Kier molecular flexibility index (Phi) is 1.93. The molecule has 0 N–H and O–H groups in total. The zero-order valence-electron chi connectivity index (χ0n) is 7.55. The molecule has 1 aliphatic rings. The van der Waals surface area contributed by atoms with Crippen LogP contribution in [-0.2, 0) is 12.8 Å². The minimum absolute atomic E-state index is 0.881. The van der Waals surface area contributed by atoms with Crippen LogP contribution in [0, 0.1) is 0 Å². The van der Waals surface area contributed by atoms with Gasteiger partial charge in [0.2, 0.25) is 0 Å². The minimum atomic E-state index is 0.881. The summed E-state index contributed by atoms with van der Waals surface area (Å²) in [5.74, 6) is 2.07. The van der Waals surface area contributed by atoms with Gasteiger partial charge >= 0.3 is 0 Å². The smallest absolute Gasteiger partial charge is 0.173 e. The van der Waals surface area contributed by atoms with E-state index in [2.05, 4.69) is 19.2 Å². The Bertz CT molecular complexity index is 364. The average Bonchev–Trinajstić information content (AvgIpc) is 2.88. The van der Waals surface area contributed by atoms with Crippen molar-refractivity contribution in [3.63, 3.8) is 0 Å². The van der Waals surface area contributed by atoms with Gasteiger partial charge in [0.15, 0.2) is 11.5 Å². The van der Waals surface area contributed by atoms with Crippen LogP contribution in [0.2, 0.25) is 0 Å². The topological polar surface area (TPSA) is 12.5 Å². The van der Waals surface area contributed by atoms with E-state index >= 15 is 0 Å². The van der Waals surface area contributed by atoms with Gasteiger partial charge in [-0.1, -0.05) is 18.2 Å². The molecule has 2 rings (SSSR count). The molecule has 0 fully saturated rings. The molecule has 1 heterocycles. The monoisotopic (exact) mass is 172 g/mol. The fourth-order valence-electron chi connectivity index (χ4n) is 1.54. The van der Waals surface area contributed by atoms with Crippen LogP contribution in [0.15, 0.2) is 37.4 Å². The van der Waals surface area contributed by atoms with Crippen LogP contribution in [0.1, 0.15) is 11.1 Å². The van der Waals surface area contributed by atoms with Gasteiger partial charge in [0.05, 0.1) is 0 Å². The lowest BCUT2D eigenvalue weighted by molar-refractivity contribution is 0.645. The number of hydrogen-bond donors (Lipinski definition) is 0. The second-order valence-corrected chi connectivity index (χ2v) is 3.12. The highest BCUT2D eigenvalue weighted by Gasteiger charge is 2.25. The summed E-state index contributed by atoms with van der Waals surface area (Å²) in [7, 11) is 0. The number of benzene rings is 1. The highest BCUT2D eigenvalue weighted by atomic mass is 16.6. The first-order valence-corrected chi connectivity index (χ1v) is 4.41. The van der Waals surface area contributed by atoms with E-state index in [0.717, 1.165) is 24.3 Å². The lowest BCUT2D eigenvalue weighted by Crippen LogP contribution is -1.88. The number of ether oxygens (including phenoxy) is 1. The summed E-state index contributed by atoms with van der Waals surface area (Å²) < 4.78 is 5.33. The molecule has 1 aromatic carbocycles. The van der Waals surface area contributed by atoms with Crippen molar-refractivity contribution in [2.45, 2.75) is 12.8 Å². The summed E-state index contributed by atoms with van der Waals surface area (Å²) in [6.45, 7) is 7.48. The highest BCUT2D eigenvalue weighted by Crippen LogP contribution is 2.49. The molecule has 13 heavy (non-hydrogen) atoms. The number of hydrogen-bond acceptors (Lipinski definition) is 1. The van der Waals surface area contributed by atoms with Gasteiger partial charge in [0.1, 0.15) is 0 Å². The van der Waals surface area contributed by atoms with Crippen molar-refractivity contribution in [3.8, 4) is 11.5 Å². The van der Waals surface area contributed by atoms with Crippen molar-refractivity contribution in [2.75, 3.05) is 0 Å². The second-order valence-electron chi connectivity index (χ2n) is 3.12. The van der Waals surface area contributed by atoms with Crippen molar-refractivity contribution in [1.29, 1.82) is 0 Å². The SMILES string of the molecule is C=CCc1ccc2c(c1CC=C)O2. The first kappa shape index (κ1) is 8.11. The third kappa shape index (κ3) is 1.37. The molecule has 1 aromatic rings.